The van der Waals surface area contributed by atoms with E-state index in [1.165, 1.54) is 25.3 Å². The van der Waals surface area contributed by atoms with E-state index in [1.807, 2.05) is 0 Å². The molecule has 0 amide bonds. The first kappa shape index (κ1) is 10.4. The summed E-state index contributed by atoms with van der Waals surface area (Å²) in [6.45, 7) is 1.38. The summed E-state index contributed by atoms with van der Waals surface area (Å²) in [6, 6.07) is 2.98. The minimum atomic E-state index is -4.05. The van der Waals surface area contributed by atoms with Gasteiger partial charge < -0.3 is 0 Å². The molecule has 6 heteroatoms. The van der Waals surface area contributed by atoms with Gasteiger partial charge in [-0.2, -0.15) is 8.42 Å². The van der Waals surface area contributed by atoms with Crippen LogP contribution in [0.15, 0.2) is 18.3 Å². The number of pyridine rings is 1. The number of nitrogens with zero attached hydrogens (tertiary/aromatic N) is 1. The molecule has 0 bridgehead atoms. The molecule has 0 aliphatic rings. The van der Waals surface area contributed by atoms with Crippen molar-refractivity contribution in [2.75, 3.05) is 0 Å². The van der Waals surface area contributed by atoms with Crippen molar-refractivity contribution in [3.63, 3.8) is 0 Å². The van der Waals surface area contributed by atoms with Crippen LogP contribution in [0.3, 0.4) is 0 Å². The summed E-state index contributed by atoms with van der Waals surface area (Å²) in [5, 5.41) is -0.691. The normalized spacial score (nSPS) is 14.1. The first-order valence-electron chi connectivity index (χ1n) is 3.49. The zero-order valence-electron chi connectivity index (χ0n) is 6.81. The van der Waals surface area contributed by atoms with Gasteiger partial charge in [-0.25, -0.2) is 4.98 Å². The van der Waals surface area contributed by atoms with E-state index in [9.17, 15) is 8.42 Å². The highest BCUT2D eigenvalue weighted by atomic mass is 35.5. The van der Waals surface area contributed by atoms with Crippen LogP contribution in [0.2, 0.25) is 5.15 Å². The van der Waals surface area contributed by atoms with Gasteiger partial charge in [0.1, 0.15) is 10.4 Å². The van der Waals surface area contributed by atoms with Crippen molar-refractivity contribution >= 4 is 21.7 Å². The minimum Gasteiger partial charge on any atom is -0.285 e. The Balaban J connectivity index is 3.04. The van der Waals surface area contributed by atoms with Gasteiger partial charge in [0, 0.05) is 6.20 Å². The predicted octanol–water partition coefficient (Wildman–Crippen LogP) is 1.68. The Bertz CT molecular complexity index is 387. The van der Waals surface area contributed by atoms with Crippen molar-refractivity contribution in [1.82, 2.24) is 4.98 Å². The van der Waals surface area contributed by atoms with Crippen LogP contribution in [-0.4, -0.2) is 18.0 Å². The molecule has 0 radical (unpaired) electrons. The lowest BCUT2D eigenvalue weighted by Crippen LogP contribution is -2.08. The van der Waals surface area contributed by atoms with Gasteiger partial charge in [0.25, 0.3) is 10.1 Å². The summed E-state index contributed by atoms with van der Waals surface area (Å²) in [6.07, 6.45) is 1.32. The van der Waals surface area contributed by atoms with E-state index in [-0.39, 0.29) is 5.15 Å². The first-order valence-corrected chi connectivity index (χ1v) is 5.37. The van der Waals surface area contributed by atoms with E-state index >= 15 is 0 Å². The molecule has 0 fully saturated rings. The second-order valence-corrected chi connectivity index (χ2v) is 4.70. The van der Waals surface area contributed by atoms with Crippen molar-refractivity contribution in [3.05, 3.63) is 29.0 Å². The Morgan fingerprint density at radius 3 is 2.54 bits per heavy atom. The Hall–Kier alpha value is -0.650. The predicted molar refractivity (Wildman–Crippen MR) is 49.2 cm³/mol. The molecule has 1 aromatic rings. The minimum absolute atomic E-state index is 0.284. The molecule has 1 atom stereocenters. The van der Waals surface area contributed by atoms with Crippen LogP contribution < -0.4 is 0 Å². The van der Waals surface area contributed by atoms with Crippen molar-refractivity contribution < 1.29 is 13.0 Å². The highest BCUT2D eigenvalue weighted by Gasteiger charge is 2.19. The lowest BCUT2D eigenvalue weighted by atomic mass is 10.2. The van der Waals surface area contributed by atoms with E-state index in [2.05, 4.69) is 4.98 Å². The number of halogens is 1. The topological polar surface area (TPSA) is 67.3 Å². The van der Waals surface area contributed by atoms with Crippen LogP contribution in [0.1, 0.15) is 17.7 Å². The number of hydrogen-bond acceptors (Lipinski definition) is 3. The van der Waals surface area contributed by atoms with Crippen LogP contribution >= 0.6 is 11.6 Å². The lowest BCUT2D eigenvalue weighted by Gasteiger charge is -2.06. The highest BCUT2D eigenvalue weighted by molar-refractivity contribution is 7.86. The van der Waals surface area contributed by atoms with Crippen LogP contribution in [0, 0.1) is 0 Å². The van der Waals surface area contributed by atoms with Gasteiger partial charge in [-0.05, 0) is 18.6 Å². The molecule has 0 aliphatic carbocycles. The Kier molecular flexibility index (Phi) is 2.90. The molecule has 1 aromatic heterocycles. The van der Waals surface area contributed by atoms with Crippen LogP contribution in [0.5, 0.6) is 0 Å². The quantitative estimate of drug-likeness (QED) is 0.610. The van der Waals surface area contributed by atoms with Gasteiger partial charge >= 0.3 is 0 Å². The molecule has 0 aromatic carbocycles. The Morgan fingerprint density at radius 2 is 2.15 bits per heavy atom. The smallest absolute Gasteiger partial charge is 0.271 e. The lowest BCUT2D eigenvalue weighted by molar-refractivity contribution is 0.472. The fourth-order valence-electron chi connectivity index (χ4n) is 0.800. The van der Waals surface area contributed by atoms with Gasteiger partial charge in [-0.15, -0.1) is 0 Å². The number of aromatic nitrogens is 1. The van der Waals surface area contributed by atoms with Crippen LogP contribution in [-0.2, 0) is 10.1 Å². The maximum absolute atomic E-state index is 10.7. The summed E-state index contributed by atoms with van der Waals surface area (Å²) < 4.78 is 30.1. The molecule has 0 saturated heterocycles. The zero-order chi connectivity index (χ0) is 10.1. The fourth-order valence-corrected chi connectivity index (χ4v) is 1.39. The third kappa shape index (κ3) is 2.65. The van der Waals surface area contributed by atoms with E-state index in [4.69, 9.17) is 16.2 Å². The summed E-state index contributed by atoms with van der Waals surface area (Å²) in [5.41, 5.74) is 0.409. The highest BCUT2D eigenvalue weighted by Crippen LogP contribution is 2.20. The average molecular weight is 222 g/mol. The van der Waals surface area contributed by atoms with Gasteiger partial charge in [0.15, 0.2) is 0 Å². The van der Waals surface area contributed by atoms with Crippen molar-refractivity contribution in [3.8, 4) is 0 Å². The molecule has 0 spiro atoms. The van der Waals surface area contributed by atoms with Gasteiger partial charge in [0.2, 0.25) is 0 Å². The Labute approximate surface area is 81.3 Å². The largest absolute Gasteiger partial charge is 0.285 e. The fraction of sp³-hybridized carbons (Fsp3) is 0.286. The van der Waals surface area contributed by atoms with Crippen LogP contribution in [0.25, 0.3) is 0 Å². The van der Waals surface area contributed by atoms with E-state index in [0.29, 0.717) is 5.56 Å². The molecule has 0 aliphatic heterocycles. The molecular formula is C7H8ClNO3S. The van der Waals surface area contributed by atoms with Crippen LogP contribution in [0.4, 0.5) is 0 Å². The second kappa shape index (κ2) is 3.61. The number of rotatable bonds is 2. The molecule has 1 rings (SSSR count). The van der Waals surface area contributed by atoms with Gasteiger partial charge in [0.05, 0.1) is 0 Å². The summed E-state index contributed by atoms with van der Waals surface area (Å²) in [7, 11) is -4.05. The summed E-state index contributed by atoms with van der Waals surface area (Å²) >= 11 is 5.51. The van der Waals surface area contributed by atoms with E-state index in [1.54, 1.807) is 0 Å². The van der Waals surface area contributed by atoms with Crippen molar-refractivity contribution in [2.45, 2.75) is 12.2 Å². The number of hydrogen-bond donors (Lipinski definition) is 1. The van der Waals surface area contributed by atoms with E-state index in [0.717, 1.165) is 0 Å². The molecule has 72 valence electrons. The molecule has 0 saturated carbocycles. The third-order valence-electron chi connectivity index (χ3n) is 1.67. The molecule has 1 unspecified atom stereocenters. The molecule has 4 nitrogen and oxygen atoms in total. The van der Waals surface area contributed by atoms with Gasteiger partial charge in [-0.1, -0.05) is 17.7 Å². The van der Waals surface area contributed by atoms with Crippen molar-refractivity contribution in [1.29, 1.82) is 0 Å². The maximum atomic E-state index is 10.7. The van der Waals surface area contributed by atoms with Crippen molar-refractivity contribution in [2.24, 2.45) is 0 Å². The van der Waals surface area contributed by atoms with Gasteiger partial charge in [-0.3, -0.25) is 4.55 Å². The SMILES string of the molecule is CC(c1ccc(Cl)nc1)S(=O)(=O)O. The molecule has 13 heavy (non-hydrogen) atoms. The molecular weight excluding hydrogens is 214 g/mol. The third-order valence-corrected chi connectivity index (χ3v) is 3.06. The molecule has 1 heterocycles. The second-order valence-electron chi connectivity index (χ2n) is 2.57. The standard InChI is InChI=1S/C7H8ClNO3S/c1-5(13(10,11)12)6-2-3-7(8)9-4-6/h2-5H,1H3,(H,10,11,12). The summed E-state index contributed by atoms with van der Waals surface area (Å²) in [5.74, 6) is 0. The monoisotopic (exact) mass is 221 g/mol. The average Bonchev–Trinajstić information content (AvgIpc) is 2.03. The molecule has 1 N–H and O–H groups in total. The van der Waals surface area contributed by atoms with E-state index < -0.39 is 15.4 Å². The zero-order valence-corrected chi connectivity index (χ0v) is 8.38. The summed E-state index contributed by atoms with van der Waals surface area (Å²) in [4.78, 5) is 3.70. The maximum Gasteiger partial charge on any atom is 0.271 e. The first-order chi connectivity index (χ1) is 5.91. The Morgan fingerprint density at radius 1 is 1.54 bits per heavy atom.